The zero-order valence-corrected chi connectivity index (χ0v) is 20.7. The van der Waals surface area contributed by atoms with Gasteiger partial charge < -0.3 is 9.47 Å². The van der Waals surface area contributed by atoms with Crippen LogP contribution in [0.3, 0.4) is 0 Å². The average molecular weight is 497 g/mol. The summed E-state index contributed by atoms with van der Waals surface area (Å²) in [4.78, 5) is 15.0. The molecular weight excluding hydrogens is 468 g/mol. The summed E-state index contributed by atoms with van der Waals surface area (Å²) in [5.41, 5.74) is 2.07. The molecule has 9 heteroatoms. The minimum atomic E-state index is -3.04. The van der Waals surface area contributed by atoms with E-state index in [1.807, 2.05) is 72.3 Å². The highest BCUT2D eigenvalue weighted by Crippen LogP contribution is 2.31. The Morgan fingerprint density at radius 2 is 1.76 bits per heavy atom. The van der Waals surface area contributed by atoms with Crippen LogP contribution in [0.1, 0.15) is 35.3 Å². The van der Waals surface area contributed by atoms with Crippen LogP contribution >= 0.6 is 11.8 Å². The Balaban J connectivity index is 1.52. The summed E-state index contributed by atoms with van der Waals surface area (Å²) in [5.74, 6) is 0.877. The van der Waals surface area contributed by atoms with E-state index < -0.39 is 9.84 Å². The van der Waals surface area contributed by atoms with Crippen LogP contribution < -0.4 is 0 Å². The standard InChI is InChI=1S/C25H28N4O3S2/c1-3-15-29-24(21-14-16-34(31,32)18-21)26-27-25(29)33-17-22(30)28(2)23(19-10-6-4-7-11-19)20-12-8-5-9-13-20/h3-13,21,23H,1,14-18H2,2H3/t21-/m0/s1. The summed E-state index contributed by atoms with van der Waals surface area (Å²) < 4.78 is 25.8. The van der Waals surface area contributed by atoms with Gasteiger partial charge in [0.15, 0.2) is 15.0 Å². The van der Waals surface area contributed by atoms with Crippen LogP contribution in [-0.2, 0) is 21.2 Å². The van der Waals surface area contributed by atoms with Crippen LogP contribution in [0.2, 0.25) is 0 Å². The zero-order valence-electron chi connectivity index (χ0n) is 19.1. The number of aromatic nitrogens is 3. The molecule has 0 bridgehead atoms. The highest BCUT2D eigenvalue weighted by atomic mass is 32.2. The normalized spacial score (nSPS) is 17.1. The fourth-order valence-electron chi connectivity index (χ4n) is 4.29. The number of allylic oxidation sites excluding steroid dienone is 1. The van der Waals surface area contributed by atoms with Gasteiger partial charge in [0.25, 0.3) is 0 Å². The molecule has 1 fully saturated rings. The average Bonchev–Trinajstić information content (AvgIpc) is 3.41. The third-order valence-electron chi connectivity index (χ3n) is 5.99. The van der Waals surface area contributed by atoms with Gasteiger partial charge in [-0.3, -0.25) is 4.79 Å². The van der Waals surface area contributed by atoms with Gasteiger partial charge in [0.05, 0.1) is 23.3 Å². The van der Waals surface area contributed by atoms with Crippen molar-refractivity contribution in [2.45, 2.75) is 30.1 Å². The summed E-state index contributed by atoms with van der Waals surface area (Å²) in [7, 11) is -1.22. The molecular formula is C25H28N4O3S2. The number of nitrogens with zero attached hydrogens (tertiary/aromatic N) is 4. The second-order valence-corrected chi connectivity index (χ2v) is 11.5. The Hall–Kier alpha value is -2.91. The summed E-state index contributed by atoms with van der Waals surface area (Å²) in [5, 5.41) is 9.17. The Labute approximate surface area is 204 Å². The zero-order chi connectivity index (χ0) is 24.1. The van der Waals surface area contributed by atoms with Gasteiger partial charge in [-0.05, 0) is 17.5 Å². The molecule has 178 valence electrons. The van der Waals surface area contributed by atoms with E-state index in [1.165, 1.54) is 11.8 Å². The van der Waals surface area contributed by atoms with Crippen molar-refractivity contribution in [2.24, 2.45) is 0 Å². The Kier molecular flexibility index (Phi) is 7.53. The first-order chi connectivity index (χ1) is 16.4. The molecule has 0 unspecified atom stereocenters. The number of rotatable bonds is 9. The van der Waals surface area contributed by atoms with Gasteiger partial charge in [0.2, 0.25) is 5.91 Å². The largest absolute Gasteiger partial charge is 0.334 e. The molecule has 1 aliphatic heterocycles. The first-order valence-electron chi connectivity index (χ1n) is 11.1. The second-order valence-electron chi connectivity index (χ2n) is 8.36. The molecule has 1 saturated heterocycles. The molecule has 0 saturated carbocycles. The van der Waals surface area contributed by atoms with Crippen molar-refractivity contribution in [2.75, 3.05) is 24.3 Å². The van der Waals surface area contributed by atoms with E-state index in [-0.39, 0.29) is 35.1 Å². The molecule has 0 N–H and O–H groups in total. The Morgan fingerprint density at radius 1 is 1.15 bits per heavy atom. The van der Waals surface area contributed by atoms with Crippen LogP contribution in [-0.4, -0.2) is 58.3 Å². The third kappa shape index (κ3) is 5.42. The van der Waals surface area contributed by atoms with Crippen molar-refractivity contribution >= 4 is 27.5 Å². The molecule has 1 aliphatic rings. The molecule has 1 atom stereocenters. The minimum absolute atomic E-state index is 0.0409. The first kappa shape index (κ1) is 24.2. The lowest BCUT2D eigenvalue weighted by molar-refractivity contribution is -0.128. The molecule has 3 aromatic rings. The third-order valence-corrected chi connectivity index (χ3v) is 8.71. The van der Waals surface area contributed by atoms with Crippen molar-refractivity contribution in [1.82, 2.24) is 19.7 Å². The monoisotopic (exact) mass is 496 g/mol. The molecule has 0 aliphatic carbocycles. The van der Waals surface area contributed by atoms with Crippen molar-refractivity contribution in [3.63, 3.8) is 0 Å². The number of hydrogen-bond donors (Lipinski definition) is 0. The maximum atomic E-state index is 13.3. The van der Waals surface area contributed by atoms with Gasteiger partial charge in [-0.15, -0.1) is 16.8 Å². The Bertz CT molecular complexity index is 1200. The van der Waals surface area contributed by atoms with E-state index in [2.05, 4.69) is 16.8 Å². The van der Waals surface area contributed by atoms with Crippen LogP contribution in [0.4, 0.5) is 0 Å². The van der Waals surface area contributed by atoms with Crippen LogP contribution in [0, 0.1) is 0 Å². The summed E-state index contributed by atoms with van der Waals surface area (Å²) in [6.07, 6.45) is 2.27. The van der Waals surface area contributed by atoms with E-state index in [0.29, 0.717) is 23.9 Å². The predicted molar refractivity (Wildman–Crippen MR) is 134 cm³/mol. The summed E-state index contributed by atoms with van der Waals surface area (Å²) in [6.45, 7) is 4.27. The number of carbonyl (C=O) groups is 1. The fraction of sp³-hybridized carbons (Fsp3) is 0.320. The molecule has 1 amide bonds. The highest BCUT2D eigenvalue weighted by molar-refractivity contribution is 7.99. The van der Waals surface area contributed by atoms with Crippen molar-refractivity contribution < 1.29 is 13.2 Å². The van der Waals surface area contributed by atoms with E-state index in [9.17, 15) is 13.2 Å². The highest BCUT2D eigenvalue weighted by Gasteiger charge is 2.33. The number of benzene rings is 2. The van der Waals surface area contributed by atoms with E-state index in [4.69, 9.17) is 0 Å². The molecule has 34 heavy (non-hydrogen) atoms. The van der Waals surface area contributed by atoms with Gasteiger partial charge in [-0.1, -0.05) is 78.5 Å². The predicted octanol–water partition coefficient (Wildman–Crippen LogP) is 3.71. The van der Waals surface area contributed by atoms with Crippen molar-refractivity contribution in [3.8, 4) is 0 Å². The molecule has 0 radical (unpaired) electrons. The summed E-state index contributed by atoms with van der Waals surface area (Å²) >= 11 is 1.31. The molecule has 0 spiro atoms. The second kappa shape index (κ2) is 10.6. The minimum Gasteiger partial charge on any atom is -0.334 e. The molecule has 2 aromatic carbocycles. The maximum absolute atomic E-state index is 13.3. The number of amides is 1. The molecule has 4 rings (SSSR count). The number of sulfone groups is 1. The molecule has 1 aromatic heterocycles. The quantitative estimate of drug-likeness (QED) is 0.332. The van der Waals surface area contributed by atoms with Crippen molar-refractivity contribution in [1.29, 1.82) is 0 Å². The SMILES string of the molecule is C=CCn1c(SCC(=O)N(C)C(c2ccccc2)c2ccccc2)nnc1[C@H]1CCS(=O)(=O)C1. The van der Waals surface area contributed by atoms with Crippen LogP contribution in [0.15, 0.2) is 78.5 Å². The topological polar surface area (TPSA) is 85.2 Å². The van der Waals surface area contributed by atoms with E-state index in [1.54, 1.807) is 11.0 Å². The summed E-state index contributed by atoms with van der Waals surface area (Å²) in [6, 6.07) is 19.7. The van der Waals surface area contributed by atoms with Crippen LogP contribution in [0.5, 0.6) is 0 Å². The lowest BCUT2D eigenvalue weighted by atomic mass is 9.97. The number of thioether (sulfide) groups is 1. The van der Waals surface area contributed by atoms with Gasteiger partial charge in [0.1, 0.15) is 5.82 Å². The number of hydrogen-bond acceptors (Lipinski definition) is 6. The van der Waals surface area contributed by atoms with Gasteiger partial charge >= 0.3 is 0 Å². The smallest absolute Gasteiger partial charge is 0.233 e. The van der Waals surface area contributed by atoms with Gasteiger partial charge in [0, 0.05) is 19.5 Å². The molecule has 2 heterocycles. The lowest BCUT2D eigenvalue weighted by Crippen LogP contribution is -2.33. The lowest BCUT2D eigenvalue weighted by Gasteiger charge is -2.29. The number of carbonyl (C=O) groups excluding carboxylic acids is 1. The van der Waals surface area contributed by atoms with E-state index in [0.717, 1.165) is 11.1 Å². The van der Waals surface area contributed by atoms with Gasteiger partial charge in [-0.2, -0.15) is 0 Å². The van der Waals surface area contributed by atoms with Crippen LogP contribution in [0.25, 0.3) is 0 Å². The molecule has 7 nitrogen and oxygen atoms in total. The fourth-order valence-corrected chi connectivity index (χ4v) is 6.91. The van der Waals surface area contributed by atoms with E-state index >= 15 is 0 Å². The first-order valence-corrected chi connectivity index (χ1v) is 13.9. The Morgan fingerprint density at radius 3 is 2.29 bits per heavy atom. The van der Waals surface area contributed by atoms with Crippen molar-refractivity contribution in [3.05, 3.63) is 90.3 Å². The maximum Gasteiger partial charge on any atom is 0.233 e. The van der Waals surface area contributed by atoms with Gasteiger partial charge in [-0.25, -0.2) is 8.42 Å².